The van der Waals surface area contributed by atoms with E-state index in [1.807, 2.05) is 36.5 Å². The highest BCUT2D eigenvalue weighted by Crippen LogP contribution is 2.14. The lowest BCUT2D eigenvalue weighted by molar-refractivity contribution is -0.713. The third-order valence-corrected chi connectivity index (χ3v) is 2.04. The van der Waals surface area contributed by atoms with Crippen LogP contribution in [0.2, 0.25) is 0 Å². The third-order valence-electron chi connectivity index (χ3n) is 2.04. The van der Waals surface area contributed by atoms with Crippen molar-refractivity contribution < 1.29 is 9.10 Å². The first kappa shape index (κ1) is 6.60. The van der Waals surface area contributed by atoms with Gasteiger partial charge in [0.1, 0.15) is 17.8 Å². The smallest absolute Gasteiger partial charge is 0.295 e. The van der Waals surface area contributed by atoms with Crippen LogP contribution in [0.4, 0.5) is 0 Å². The molecule has 3 nitrogen and oxygen atoms in total. The van der Waals surface area contributed by atoms with E-state index in [9.17, 15) is 0 Å². The van der Waals surface area contributed by atoms with E-state index in [0.717, 1.165) is 16.6 Å². The Labute approximate surface area is 74.2 Å². The first-order chi connectivity index (χ1) is 6.45. The van der Waals surface area contributed by atoms with Crippen molar-refractivity contribution in [2.45, 2.75) is 0 Å². The van der Waals surface area contributed by atoms with Gasteiger partial charge in [0.2, 0.25) is 0 Å². The van der Waals surface area contributed by atoms with Crippen molar-refractivity contribution in [1.29, 1.82) is 0 Å². The van der Waals surface area contributed by atoms with Gasteiger partial charge in [-0.05, 0) is 21.7 Å². The molecule has 1 aromatic carbocycles. The van der Waals surface area contributed by atoms with Gasteiger partial charge in [-0.15, -0.1) is 0 Å². The predicted octanol–water partition coefficient (Wildman–Crippen LogP) is 1.57. The minimum Gasteiger partial charge on any atom is -0.295 e. The summed E-state index contributed by atoms with van der Waals surface area (Å²) >= 11 is 0. The second kappa shape index (κ2) is 2.29. The molecule has 0 aliphatic rings. The summed E-state index contributed by atoms with van der Waals surface area (Å²) in [5.41, 5.74) is 1.72. The van der Waals surface area contributed by atoms with Crippen LogP contribution in [0.5, 0.6) is 0 Å². The third kappa shape index (κ3) is 0.839. The number of aromatic nitrogens is 2. The Bertz CT molecular complexity index is 521. The minimum absolute atomic E-state index is 0.859. The molecule has 0 aliphatic heterocycles. The van der Waals surface area contributed by atoms with Gasteiger partial charge in [0.05, 0.1) is 0 Å². The standard InChI is InChI=1S/C10H7N2O/c1-2-5-9-8(4-1)10-11-6-3-7-12(10)13-9/h1-7H/q+1. The molecule has 0 fully saturated rings. The lowest BCUT2D eigenvalue weighted by Gasteiger charge is -1.77. The van der Waals surface area contributed by atoms with Crippen molar-refractivity contribution in [3.05, 3.63) is 42.7 Å². The van der Waals surface area contributed by atoms with E-state index in [0.29, 0.717) is 0 Å². The SMILES string of the molecule is c1ccc2c(c1)o[n+]1cccnc21. The van der Waals surface area contributed by atoms with Crippen LogP contribution in [0.1, 0.15) is 0 Å². The van der Waals surface area contributed by atoms with Crippen LogP contribution in [0.3, 0.4) is 0 Å². The number of benzene rings is 1. The Balaban J connectivity index is 2.64. The highest BCUT2D eigenvalue weighted by atomic mass is 16.5. The van der Waals surface area contributed by atoms with Crippen LogP contribution in [0.15, 0.2) is 47.2 Å². The van der Waals surface area contributed by atoms with E-state index < -0.39 is 0 Å². The number of hydrogen-bond acceptors (Lipinski definition) is 2. The Morgan fingerprint density at radius 2 is 2.08 bits per heavy atom. The maximum absolute atomic E-state index is 5.51. The molecule has 3 rings (SSSR count). The first-order valence-electron chi connectivity index (χ1n) is 4.09. The number of fused-ring (bicyclic) bond motifs is 3. The summed E-state index contributed by atoms with van der Waals surface area (Å²) in [5, 5.41) is 1.04. The molecule has 0 bridgehead atoms. The second-order valence-electron chi connectivity index (χ2n) is 2.86. The van der Waals surface area contributed by atoms with E-state index in [4.69, 9.17) is 4.52 Å². The first-order valence-corrected chi connectivity index (χ1v) is 4.09. The van der Waals surface area contributed by atoms with E-state index >= 15 is 0 Å². The van der Waals surface area contributed by atoms with E-state index in [-0.39, 0.29) is 0 Å². The average Bonchev–Trinajstić information content (AvgIpc) is 2.56. The highest BCUT2D eigenvalue weighted by Gasteiger charge is 2.12. The molecule has 3 heteroatoms. The van der Waals surface area contributed by atoms with Crippen LogP contribution < -0.4 is 4.57 Å². The van der Waals surface area contributed by atoms with Crippen LogP contribution in [0, 0.1) is 0 Å². The Kier molecular flexibility index (Phi) is 1.16. The Morgan fingerprint density at radius 3 is 3.08 bits per heavy atom. The molecular weight excluding hydrogens is 164 g/mol. The summed E-state index contributed by atoms with van der Waals surface area (Å²) in [6, 6.07) is 9.71. The zero-order valence-electron chi connectivity index (χ0n) is 6.84. The topological polar surface area (TPSA) is 30.1 Å². The normalized spacial score (nSPS) is 11.1. The van der Waals surface area contributed by atoms with Crippen molar-refractivity contribution in [1.82, 2.24) is 4.98 Å². The Hall–Kier alpha value is -1.90. The number of para-hydroxylation sites is 1. The zero-order chi connectivity index (χ0) is 8.67. The van der Waals surface area contributed by atoms with Gasteiger partial charge in [0.15, 0.2) is 5.58 Å². The highest BCUT2D eigenvalue weighted by molar-refractivity contribution is 5.87. The van der Waals surface area contributed by atoms with Gasteiger partial charge in [-0.1, -0.05) is 12.1 Å². The second-order valence-corrected chi connectivity index (χ2v) is 2.86. The minimum atomic E-state index is 0.859. The maximum Gasteiger partial charge on any atom is 0.373 e. The molecule has 0 saturated heterocycles. The molecule has 0 radical (unpaired) electrons. The number of rotatable bonds is 0. The largest absolute Gasteiger partial charge is 0.373 e. The molecule has 0 atom stereocenters. The van der Waals surface area contributed by atoms with Crippen LogP contribution in [0.25, 0.3) is 16.6 Å². The van der Waals surface area contributed by atoms with Gasteiger partial charge in [-0.25, -0.2) is 0 Å². The summed E-state index contributed by atoms with van der Waals surface area (Å²) in [7, 11) is 0. The molecule has 0 amide bonds. The van der Waals surface area contributed by atoms with Gasteiger partial charge >= 0.3 is 5.65 Å². The van der Waals surface area contributed by atoms with Crippen molar-refractivity contribution in [3.8, 4) is 0 Å². The fourth-order valence-electron chi connectivity index (χ4n) is 1.46. The molecule has 0 N–H and O–H groups in total. The average molecular weight is 171 g/mol. The van der Waals surface area contributed by atoms with Gasteiger partial charge in [-0.3, -0.25) is 4.52 Å². The van der Waals surface area contributed by atoms with Crippen molar-refractivity contribution in [2.24, 2.45) is 0 Å². The lowest BCUT2D eigenvalue weighted by atomic mass is 10.3. The molecular formula is C10H7N2O+. The molecule has 13 heavy (non-hydrogen) atoms. The van der Waals surface area contributed by atoms with Gasteiger partial charge in [-0.2, -0.15) is 0 Å². The molecule has 0 spiro atoms. The summed E-state index contributed by atoms with van der Waals surface area (Å²) in [4.78, 5) is 4.24. The monoisotopic (exact) mass is 171 g/mol. The summed E-state index contributed by atoms with van der Waals surface area (Å²) in [6.07, 6.45) is 3.61. The Morgan fingerprint density at radius 1 is 1.15 bits per heavy atom. The molecule has 0 saturated carbocycles. The zero-order valence-corrected chi connectivity index (χ0v) is 6.84. The maximum atomic E-state index is 5.51. The van der Waals surface area contributed by atoms with Gasteiger partial charge in [0, 0.05) is 6.07 Å². The fourth-order valence-corrected chi connectivity index (χ4v) is 1.46. The van der Waals surface area contributed by atoms with E-state index in [2.05, 4.69) is 4.98 Å². The van der Waals surface area contributed by atoms with E-state index in [1.54, 1.807) is 10.8 Å². The fraction of sp³-hybridized carbons (Fsp3) is 0. The van der Waals surface area contributed by atoms with Crippen molar-refractivity contribution >= 4 is 16.6 Å². The summed E-state index contributed by atoms with van der Waals surface area (Å²) in [6.45, 7) is 0. The molecule has 62 valence electrons. The van der Waals surface area contributed by atoms with Gasteiger partial charge < -0.3 is 0 Å². The molecule has 0 aliphatic carbocycles. The van der Waals surface area contributed by atoms with Crippen LogP contribution >= 0.6 is 0 Å². The molecule has 3 aromatic rings. The number of nitrogens with zero attached hydrogens (tertiary/aromatic N) is 2. The molecule has 2 heterocycles. The lowest BCUT2D eigenvalue weighted by Crippen LogP contribution is -2.17. The van der Waals surface area contributed by atoms with Crippen LogP contribution in [-0.2, 0) is 0 Å². The summed E-state index contributed by atoms with van der Waals surface area (Å²) < 4.78 is 7.18. The van der Waals surface area contributed by atoms with Gasteiger partial charge in [0.25, 0.3) is 0 Å². The predicted molar refractivity (Wildman–Crippen MR) is 47.2 cm³/mol. The van der Waals surface area contributed by atoms with E-state index in [1.165, 1.54) is 0 Å². The van der Waals surface area contributed by atoms with Crippen molar-refractivity contribution in [2.75, 3.05) is 0 Å². The molecule has 0 unspecified atom stereocenters. The quantitative estimate of drug-likeness (QED) is 0.480. The summed E-state index contributed by atoms with van der Waals surface area (Å²) in [5.74, 6) is 0. The number of hydrogen-bond donors (Lipinski definition) is 0. The molecule has 2 aromatic heterocycles. The van der Waals surface area contributed by atoms with Crippen LogP contribution in [-0.4, -0.2) is 4.98 Å². The van der Waals surface area contributed by atoms with Crippen molar-refractivity contribution in [3.63, 3.8) is 0 Å².